The summed E-state index contributed by atoms with van der Waals surface area (Å²) in [4.78, 5) is 3.19. The van der Waals surface area contributed by atoms with Crippen LogP contribution < -0.4 is 5.32 Å². The average molecular weight is 242 g/mol. The number of hydrogen-bond acceptors (Lipinski definition) is 3. The van der Waals surface area contributed by atoms with E-state index in [1.165, 1.54) is 0 Å². The molecule has 1 saturated heterocycles. The second-order valence-corrected chi connectivity index (χ2v) is 6.68. The van der Waals surface area contributed by atoms with Crippen molar-refractivity contribution in [1.82, 2.24) is 10.3 Å². The van der Waals surface area contributed by atoms with Crippen LogP contribution in [-0.2, 0) is 9.84 Å². The van der Waals surface area contributed by atoms with Gasteiger partial charge in [0.05, 0.1) is 11.5 Å². The van der Waals surface area contributed by atoms with E-state index in [9.17, 15) is 8.42 Å². The lowest BCUT2D eigenvalue weighted by Gasteiger charge is -2.29. The molecule has 2 N–H and O–H groups in total. The van der Waals surface area contributed by atoms with E-state index >= 15 is 0 Å². The topological polar surface area (TPSA) is 62.0 Å². The van der Waals surface area contributed by atoms with Gasteiger partial charge in [0.25, 0.3) is 0 Å². The number of aromatic nitrogens is 1. The summed E-state index contributed by atoms with van der Waals surface area (Å²) >= 11 is 0. The zero-order valence-electron chi connectivity index (χ0n) is 9.44. The Balaban J connectivity index is 2.07. The largest absolute Gasteiger partial charge is 0.364 e. The predicted molar refractivity (Wildman–Crippen MR) is 64.0 cm³/mol. The van der Waals surface area contributed by atoms with Crippen molar-refractivity contribution in [3.05, 3.63) is 24.0 Å². The van der Waals surface area contributed by atoms with Gasteiger partial charge in [-0.3, -0.25) is 0 Å². The summed E-state index contributed by atoms with van der Waals surface area (Å²) in [5, 5.41) is 3.28. The van der Waals surface area contributed by atoms with Crippen LogP contribution in [-0.4, -0.2) is 32.0 Å². The molecule has 0 aromatic carbocycles. The van der Waals surface area contributed by atoms with Crippen molar-refractivity contribution in [1.29, 1.82) is 0 Å². The third kappa shape index (κ3) is 2.47. The number of hydrogen-bond donors (Lipinski definition) is 2. The second kappa shape index (κ2) is 4.59. The Morgan fingerprint density at radius 2 is 2.12 bits per heavy atom. The van der Waals surface area contributed by atoms with E-state index in [1.54, 1.807) is 0 Å². The van der Waals surface area contributed by atoms with Gasteiger partial charge in [0.2, 0.25) is 0 Å². The molecule has 16 heavy (non-hydrogen) atoms. The Labute approximate surface area is 96.4 Å². The normalized spacial score (nSPS) is 23.1. The van der Waals surface area contributed by atoms with Gasteiger partial charge in [0.1, 0.15) is 9.84 Å². The third-order valence-corrected chi connectivity index (χ3v) is 5.05. The Morgan fingerprint density at radius 1 is 1.44 bits per heavy atom. The summed E-state index contributed by atoms with van der Waals surface area (Å²) in [7, 11) is -0.839. The third-order valence-electron chi connectivity index (χ3n) is 3.34. The first-order valence-corrected chi connectivity index (χ1v) is 7.45. The molecule has 2 heterocycles. The molecule has 0 bridgehead atoms. The van der Waals surface area contributed by atoms with Crippen molar-refractivity contribution in [2.24, 2.45) is 5.92 Å². The molecule has 0 spiro atoms. The SMILES string of the molecule is CNC(c1ccc[nH]1)C1CCS(=O)(=O)CC1. The summed E-state index contributed by atoms with van der Waals surface area (Å²) in [6.07, 6.45) is 3.42. The maximum Gasteiger partial charge on any atom is 0.150 e. The van der Waals surface area contributed by atoms with Crippen LogP contribution >= 0.6 is 0 Å². The van der Waals surface area contributed by atoms with Gasteiger partial charge in [-0.2, -0.15) is 0 Å². The second-order valence-electron chi connectivity index (χ2n) is 4.38. The number of rotatable bonds is 3. The minimum Gasteiger partial charge on any atom is -0.364 e. The van der Waals surface area contributed by atoms with Crippen molar-refractivity contribution in [2.45, 2.75) is 18.9 Å². The quantitative estimate of drug-likeness (QED) is 0.834. The van der Waals surface area contributed by atoms with E-state index < -0.39 is 9.84 Å². The molecule has 1 aromatic heterocycles. The van der Waals surface area contributed by atoms with Gasteiger partial charge in [-0.1, -0.05) is 0 Å². The fraction of sp³-hybridized carbons (Fsp3) is 0.636. The van der Waals surface area contributed by atoms with Crippen LogP contribution in [0.2, 0.25) is 0 Å². The van der Waals surface area contributed by atoms with Crippen LogP contribution in [0.3, 0.4) is 0 Å². The van der Waals surface area contributed by atoms with E-state index in [2.05, 4.69) is 10.3 Å². The lowest BCUT2D eigenvalue weighted by molar-refractivity contribution is 0.345. The zero-order chi connectivity index (χ0) is 11.6. The molecule has 0 amide bonds. The molecule has 0 radical (unpaired) electrons. The van der Waals surface area contributed by atoms with Crippen LogP contribution in [0.4, 0.5) is 0 Å². The Kier molecular flexibility index (Phi) is 3.35. The average Bonchev–Trinajstić information content (AvgIpc) is 2.75. The van der Waals surface area contributed by atoms with Gasteiger partial charge in [0.15, 0.2) is 0 Å². The predicted octanol–water partition coefficient (Wildman–Crippen LogP) is 1.10. The van der Waals surface area contributed by atoms with Crippen molar-refractivity contribution in [3.63, 3.8) is 0 Å². The maximum absolute atomic E-state index is 11.4. The smallest absolute Gasteiger partial charge is 0.150 e. The lowest BCUT2D eigenvalue weighted by atomic mass is 9.91. The summed E-state index contributed by atoms with van der Waals surface area (Å²) in [5.41, 5.74) is 1.15. The molecule has 1 aromatic rings. The van der Waals surface area contributed by atoms with Gasteiger partial charge in [-0.05, 0) is 37.9 Å². The Bertz CT molecular complexity index is 411. The van der Waals surface area contributed by atoms with E-state index in [4.69, 9.17) is 0 Å². The summed E-state index contributed by atoms with van der Waals surface area (Å²) in [5.74, 6) is 1.07. The van der Waals surface area contributed by atoms with Crippen molar-refractivity contribution in [3.8, 4) is 0 Å². The summed E-state index contributed by atoms with van der Waals surface area (Å²) < 4.78 is 22.7. The molecule has 90 valence electrons. The molecule has 1 aliphatic heterocycles. The van der Waals surface area contributed by atoms with Crippen LogP contribution in [0, 0.1) is 5.92 Å². The molecule has 1 atom stereocenters. The molecule has 5 heteroatoms. The molecule has 2 rings (SSSR count). The molecular formula is C11H18N2O2S. The minimum atomic E-state index is -2.76. The molecule has 1 aliphatic rings. The van der Waals surface area contributed by atoms with Gasteiger partial charge >= 0.3 is 0 Å². The van der Waals surface area contributed by atoms with Crippen LogP contribution in [0.1, 0.15) is 24.6 Å². The number of aromatic amines is 1. The molecule has 0 saturated carbocycles. The van der Waals surface area contributed by atoms with Crippen molar-refractivity contribution >= 4 is 9.84 Å². The number of H-pyrrole nitrogens is 1. The van der Waals surface area contributed by atoms with E-state index in [-0.39, 0.29) is 6.04 Å². The number of sulfone groups is 1. The highest BCUT2D eigenvalue weighted by molar-refractivity contribution is 7.91. The standard InChI is InChI=1S/C11H18N2O2S/c1-12-11(10-3-2-6-13-10)9-4-7-16(14,15)8-5-9/h2-3,6,9,11-13H,4-5,7-8H2,1H3. The number of nitrogens with one attached hydrogen (secondary N) is 2. The zero-order valence-corrected chi connectivity index (χ0v) is 10.3. The summed E-state index contributed by atoms with van der Waals surface area (Å²) in [6.45, 7) is 0. The highest BCUT2D eigenvalue weighted by Crippen LogP contribution is 2.30. The molecule has 4 nitrogen and oxygen atoms in total. The highest BCUT2D eigenvalue weighted by atomic mass is 32.2. The molecule has 1 fully saturated rings. The van der Waals surface area contributed by atoms with E-state index in [0.29, 0.717) is 17.4 Å². The molecule has 1 unspecified atom stereocenters. The van der Waals surface area contributed by atoms with Crippen molar-refractivity contribution in [2.75, 3.05) is 18.6 Å². The Hall–Kier alpha value is -0.810. The molecule has 0 aliphatic carbocycles. The van der Waals surface area contributed by atoms with E-state index in [0.717, 1.165) is 18.5 Å². The first kappa shape index (κ1) is 11.7. The minimum absolute atomic E-state index is 0.241. The summed E-state index contributed by atoms with van der Waals surface area (Å²) in [6, 6.07) is 4.26. The lowest BCUT2D eigenvalue weighted by Crippen LogP contribution is -2.32. The monoisotopic (exact) mass is 242 g/mol. The van der Waals surface area contributed by atoms with Gasteiger partial charge in [0, 0.05) is 17.9 Å². The maximum atomic E-state index is 11.4. The van der Waals surface area contributed by atoms with Crippen LogP contribution in [0.25, 0.3) is 0 Å². The first-order valence-electron chi connectivity index (χ1n) is 5.63. The van der Waals surface area contributed by atoms with Gasteiger partial charge < -0.3 is 10.3 Å². The highest BCUT2D eigenvalue weighted by Gasteiger charge is 2.29. The molecular weight excluding hydrogens is 224 g/mol. The van der Waals surface area contributed by atoms with Gasteiger partial charge in [-0.15, -0.1) is 0 Å². The van der Waals surface area contributed by atoms with Crippen LogP contribution in [0.15, 0.2) is 18.3 Å². The van der Waals surface area contributed by atoms with E-state index in [1.807, 2.05) is 25.4 Å². The first-order chi connectivity index (χ1) is 7.62. The van der Waals surface area contributed by atoms with Gasteiger partial charge in [-0.25, -0.2) is 8.42 Å². The Morgan fingerprint density at radius 3 is 2.62 bits per heavy atom. The fourth-order valence-electron chi connectivity index (χ4n) is 2.42. The fourth-order valence-corrected chi connectivity index (χ4v) is 3.95. The van der Waals surface area contributed by atoms with Crippen molar-refractivity contribution < 1.29 is 8.42 Å². The van der Waals surface area contributed by atoms with Crippen LogP contribution in [0.5, 0.6) is 0 Å².